The molecule has 0 atom stereocenters. The molecular formula is C18H11ClF2N4O. The summed E-state index contributed by atoms with van der Waals surface area (Å²) in [5, 5.41) is 8.97. The molecule has 0 unspecified atom stereocenters. The van der Waals surface area contributed by atoms with Crippen LogP contribution in [0.25, 0.3) is 0 Å². The number of carbonyl (C=O) groups is 1. The third-order valence-corrected chi connectivity index (χ3v) is 4.31. The monoisotopic (exact) mass is 372 g/mol. The highest BCUT2D eigenvalue weighted by atomic mass is 35.5. The highest BCUT2D eigenvalue weighted by Gasteiger charge is 2.23. The van der Waals surface area contributed by atoms with Gasteiger partial charge < -0.3 is 5.32 Å². The Morgan fingerprint density at radius 3 is 2.81 bits per heavy atom. The van der Waals surface area contributed by atoms with Gasteiger partial charge in [0.1, 0.15) is 17.3 Å². The van der Waals surface area contributed by atoms with Crippen LogP contribution in [-0.4, -0.2) is 21.8 Å². The predicted molar refractivity (Wildman–Crippen MR) is 94.3 cm³/mol. The van der Waals surface area contributed by atoms with E-state index in [1.165, 1.54) is 6.20 Å². The van der Waals surface area contributed by atoms with Crippen molar-refractivity contribution in [2.24, 2.45) is 4.99 Å². The number of H-pyrrole nitrogens is 1. The van der Waals surface area contributed by atoms with E-state index < -0.39 is 23.1 Å². The number of para-hydroxylation sites is 1. The molecule has 3 aromatic rings. The molecule has 0 radical (unpaired) electrons. The van der Waals surface area contributed by atoms with Gasteiger partial charge in [-0.2, -0.15) is 5.10 Å². The fourth-order valence-corrected chi connectivity index (χ4v) is 3.10. The van der Waals surface area contributed by atoms with Crippen molar-refractivity contribution in [1.29, 1.82) is 0 Å². The number of carbonyl (C=O) groups excluding carboxylic acids is 1. The van der Waals surface area contributed by atoms with E-state index in [9.17, 15) is 13.6 Å². The Hall–Kier alpha value is -3.06. The molecule has 130 valence electrons. The van der Waals surface area contributed by atoms with Crippen molar-refractivity contribution in [3.63, 3.8) is 0 Å². The Kier molecular flexibility index (Phi) is 4.00. The van der Waals surface area contributed by atoms with Crippen LogP contribution in [-0.2, 0) is 6.42 Å². The Morgan fingerprint density at radius 1 is 1.23 bits per heavy atom. The average molecular weight is 373 g/mol. The molecule has 0 aliphatic carbocycles. The van der Waals surface area contributed by atoms with Crippen molar-refractivity contribution in [2.45, 2.75) is 6.42 Å². The summed E-state index contributed by atoms with van der Waals surface area (Å²) >= 11 is 5.81. The summed E-state index contributed by atoms with van der Waals surface area (Å²) < 4.78 is 27.1. The van der Waals surface area contributed by atoms with Gasteiger partial charge >= 0.3 is 0 Å². The lowest BCUT2D eigenvalue weighted by molar-refractivity contribution is 0.102. The first-order valence-corrected chi connectivity index (χ1v) is 8.06. The molecule has 4 rings (SSSR count). The first kappa shape index (κ1) is 16.4. The van der Waals surface area contributed by atoms with Gasteiger partial charge in [0.25, 0.3) is 5.91 Å². The van der Waals surface area contributed by atoms with Gasteiger partial charge in [0.2, 0.25) is 0 Å². The molecule has 8 heteroatoms. The molecule has 0 saturated heterocycles. The average Bonchev–Trinajstić information content (AvgIpc) is 3.19. The quantitative estimate of drug-likeness (QED) is 0.720. The summed E-state index contributed by atoms with van der Waals surface area (Å²) in [6.45, 7) is 0. The van der Waals surface area contributed by atoms with E-state index >= 15 is 0 Å². The molecule has 0 bridgehead atoms. The van der Waals surface area contributed by atoms with Crippen molar-refractivity contribution in [3.8, 4) is 0 Å². The number of nitrogens with zero attached hydrogens (tertiary/aromatic N) is 2. The lowest BCUT2D eigenvalue weighted by Crippen LogP contribution is -2.16. The van der Waals surface area contributed by atoms with Gasteiger partial charge in [-0.25, -0.2) is 8.78 Å². The zero-order chi connectivity index (χ0) is 18.3. The molecule has 2 aromatic carbocycles. The maximum absolute atomic E-state index is 13.9. The number of fused-ring (bicyclic) bond motifs is 1. The van der Waals surface area contributed by atoms with E-state index in [1.807, 2.05) is 24.3 Å². The zero-order valence-electron chi connectivity index (χ0n) is 13.2. The van der Waals surface area contributed by atoms with Crippen molar-refractivity contribution in [2.75, 3.05) is 5.32 Å². The Labute approximate surface area is 151 Å². The summed E-state index contributed by atoms with van der Waals surface area (Å²) in [5.74, 6) is -2.69. The van der Waals surface area contributed by atoms with E-state index in [0.29, 0.717) is 29.6 Å². The van der Waals surface area contributed by atoms with E-state index in [-0.39, 0.29) is 5.02 Å². The van der Waals surface area contributed by atoms with Crippen molar-refractivity contribution >= 4 is 34.6 Å². The molecule has 0 spiro atoms. The topological polar surface area (TPSA) is 70.1 Å². The van der Waals surface area contributed by atoms with Crippen molar-refractivity contribution in [3.05, 3.63) is 76.1 Å². The number of aromatic nitrogens is 2. The minimum absolute atomic E-state index is 0.310. The van der Waals surface area contributed by atoms with E-state index in [1.54, 1.807) is 0 Å². The molecule has 2 N–H and O–H groups in total. The van der Waals surface area contributed by atoms with Crippen molar-refractivity contribution < 1.29 is 13.6 Å². The Balaban J connectivity index is 1.62. The van der Waals surface area contributed by atoms with Crippen molar-refractivity contribution in [1.82, 2.24) is 10.2 Å². The second kappa shape index (κ2) is 6.34. The zero-order valence-corrected chi connectivity index (χ0v) is 13.9. The largest absolute Gasteiger partial charge is 0.319 e. The Morgan fingerprint density at radius 2 is 2.04 bits per heavy atom. The number of hydrogen-bond acceptors (Lipinski definition) is 3. The maximum Gasteiger partial charge on any atom is 0.260 e. The van der Waals surface area contributed by atoms with E-state index in [4.69, 9.17) is 11.6 Å². The van der Waals surface area contributed by atoms with Crippen LogP contribution in [0, 0.1) is 11.6 Å². The summed E-state index contributed by atoms with van der Waals surface area (Å²) in [5.41, 5.74) is 3.03. The molecule has 1 aromatic heterocycles. The number of amides is 1. The summed E-state index contributed by atoms with van der Waals surface area (Å²) in [6, 6.07) is 9.16. The minimum Gasteiger partial charge on any atom is -0.319 e. The van der Waals surface area contributed by atoms with Crippen LogP contribution in [0.5, 0.6) is 0 Å². The van der Waals surface area contributed by atoms with Crippen LogP contribution in [0.15, 0.2) is 47.6 Å². The van der Waals surface area contributed by atoms with Crippen LogP contribution in [0.3, 0.4) is 0 Å². The van der Waals surface area contributed by atoms with Gasteiger partial charge in [0.05, 0.1) is 33.9 Å². The number of aliphatic imine (C=N–C) groups is 1. The van der Waals surface area contributed by atoms with Crippen LogP contribution >= 0.6 is 11.6 Å². The van der Waals surface area contributed by atoms with Gasteiger partial charge in [-0.05, 0) is 17.7 Å². The van der Waals surface area contributed by atoms with Gasteiger partial charge in [0, 0.05) is 12.5 Å². The fourth-order valence-electron chi connectivity index (χ4n) is 2.82. The highest BCUT2D eigenvalue weighted by molar-refractivity contribution is 6.34. The lowest BCUT2D eigenvalue weighted by atomic mass is 10.1. The lowest BCUT2D eigenvalue weighted by Gasteiger charge is -2.08. The highest BCUT2D eigenvalue weighted by Crippen LogP contribution is 2.30. The standard InChI is InChI=1S/C18H11ClF2N4O/c19-11-6-10(20)7-12(21)16(11)18(26)24-15-8-22-25-17(15)14-5-9-3-1-2-4-13(9)23-14/h1-4,6-8H,5H2,(H,22,25)(H,24,26). The molecule has 26 heavy (non-hydrogen) atoms. The number of halogens is 3. The summed E-state index contributed by atoms with van der Waals surface area (Å²) in [7, 11) is 0. The second-order valence-corrected chi connectivity index (χ2v) is 6.13. The number of anilines is 1. The first-order chi connectivity index (χ1) is 12.5. The first-order valence-electron chi connectivity index (χ1n) is 7.68. The summed E-state index contributed by atoms with van der Waals surface area (Å²) in [4.78, 5) is 16.9. The minimum atomic E-state index is -1.04. The Bertz CT molecular complexity index is 1040. The number of hydrogen-bond donors (Lipinski definition) is 2. The van der Waals surface area contributed by atoms with E-state index in [2.05, 4.69) is 20.5 Å². The predicted octanol–water partition coefficient (Wildman–Crippen LogP) is 4.27. The van der Waals surface area contributed by atoms with Gasteiger partial charge in [-0.1, -0.05) is 29.8 Å². The maximum atomic E-state index is 13.9. The molecule has 0 saturated carbocycles. The van der Waals surface area contributed by atoms with Gasteiger partial charge in [-0.3, -0.25) is 14.9 Å². The molecule has 1 aliphatic rings. The molecule has 0 fully saturated rings. The third kappa shape index (κ3) is 2.86. The van der Waals surface area contributed by atoms with Gasteiger partial charge in [0.15, 0.2) is 0 Å². The molecule has 1 aliphatic heterocycles. The van der Waals surface area contributed by atoms with Crippen LogP contribution < -0.4 is 5.32 Å². The van der Waals surface area contributed by atoms with Crippen LogP contribution in [0.2, 0.25) is 5.02 Å². The van der Waals surface area contributed by atoms with Crippen LogP contribution in [0.1, 0.15) is 21.6 Å². The normalized spacial score (nSPS) is 12.7. The number of nitrogens with one attached hydrogen (secondary N) is 2. The SMILES string of the molecule is O=C(Nc1cn[nH]c1C1=Nc2ccccc2C1)c1c(F)cc(F)cc1Cl. The van der Waals surface area contributed by atoms with Gasteiger partial charge in [-0.15, -0.1) is 0 Å². The smallest absolute Gasteiger partial charge is 0.260 e. The van der Waals surface area contributed by atoms with Crippen LogP contribution in [0.4, 0.5) is 20.2 Å². The molecule has 2 heterocycles. The number of rotatable bonds is 3. The summed E-state index contributed by atoms with van der Waals surface area (Å²) in [6.07, 6.45) is 1.97. The molecule has 5 nitrogen and oxygen atoms in total. The van der Waals surface area contributed by atoms with E-state index in [0.717, 1.165) is 17.3 Å². The molecule has 1 amide bonds. The number of benzene rings is 2. The number of aromatic amines is 1. The second-order valence-electron chi connectivity index (χ2n) is 5.72. The third-order valence-electron chi connectivity index (χ3n) is 4.01. The fraction of sp³-hybridized carbons (Fsp3) is 0.0556. The molecular weight excluding hydrogens is 362 g/mol.